The van der Waals surface area contributed by atoms with Gasteiger partial charge in [-0.15, -0.1) is 0 Å². The first kappa shape index (κ1) is 27.6. The molecule has 0 radical (unpaired) electrons. The molecule has 4 nitrogen and oxygen atoms in total. The Hall–Kier alpha value is -6.20. The summed E-state index contributed by atoms with van der Waals surface area (Å²) in [5.41, 5.74) is 19.4. The molecule has 0 bridgehead atoms. The van der Waals surface area contributed by atoms with Gasteiger partial charge in [-0.05, 0) is 106 Å². The van der Waals surface area contributed by atoms with Crippen molar-refractivity contribution in [2.24, 2.45) is 0 Å². The molecule has 51 heavy (non-hydrogen) atoms. The van der Waals surface area contributed by atoms with Crippen LogP contribution in [0.25, 0.3) is 11.1 Å². The molecule has 5 heterocycles. The molecule has 7 aromatic rings. The van der Waals surface area contributed by atoms with Crippen LogP contribution in [0.15, 0.2) is 140 Å². The Kier molecular flexibility index (Phi) is 5.27. The van der Waals surface area contributed by atoms with Crippen LogP contribution in [0.5, 0.6) is 23.0 Å². The second-order valence-corrected chi connectivity index (χ2v) is 14.5. The SMILES string of the molecule is CC1c2cc(N3c4ccccc4Oc4ccccc43)cc3c2B2c4c-3cc(N3c5ccccc5Oc5ccccc53)cc4C(C)c3cccc1c32. The van der Waals surface area contributed by atoms with Crippen molar-refractivity contribution in [1.29, 1.82) is 0 Å². The van der Waals surface area contributed by atoms with Crippen molar-refractivity contribution in [3.8, 4) is 34.1 Å². The standard InChI is InChI=1S/C46H31BN2O2/c1-26-30-12-11-13-31-27(2)33-23-29(49-38-16-5-9-20-42(38)51-43-21-10-6-17-39(43)49)25-35-34-24-28(22-32(26)45(34)47(44(30)31)46(33)35)48-36-14-3-7-18-40(36)50-41-19-8-4-15-37(41)48/h3-27H,1-2H3. The fraction of sp³-hybridized carbons (Fsp3) is 0.0870. The normalized spacial score (nSPS) is 17.4. The molecule has 0 fully saturated rings. The minimum Gasteiger partial charge on any atom is -0.453 e. The lowest BCUT2D eigenvalue weighted by Crippen LogP contribution is -2.59. The lowest BCUT2D eigenvalue weighted by molar-refractivity contribution is 0.476. The van der Waals surface area contributed by atoms with Gasteiger partial charge in [0.15, 0.2) is 23.0 Å². The minimum absolute atomic E-state index is 0.232. The summed E-state index contributed by atoms with van der Waals surface area (Å²) in [7, 11) is 0. The average Bonchev–Trinajstić information content (AvgIpc) is 3.51. The maximum Gasteiger partial charge on any atom is 0.244 e. The molecule has 5 aliphatic heterocycles. The summed E-state index contributed by atoms with van der Waals surface area (Å²) in [6.07, 6.45) is 0. The molecule has 0 amide bonds. The second kappa shape index (κ2) is 9.73. The molecule has 0 aliphatic carbocycles. The van der Waals surface area contributed by atoms with E-state index in [1.807, 2.05) is 0 Å². The molecule has 12 rings (SSSR count). The number of nitrogens with zero attached hydrogens (tertiary/aromatic N) is 2. The maximum atomic E-state index is 6.45. The van der Waals surface area contributed by atoms with Gasteiger partial charge >= 0.3 is 0 Å². The molecule has 0 aromatic heterocycles. The van der Waals surface area contributed by atoms with Crippen LogP contribution in [0, 0.1) is 0 Å². The Labute approximate surface area is 297 Å². The van der Waals surface area contributed by atoms with E-state index in [9.17, 15) is 0 Å². The highest BCUT2D eigenvalue weighted by molar-refractivity contribution is 7.01. The van der Waals surface area contributed by atoms with E-state index in [1.165, 1.54) is 49.8 Å². The predicted molar refractivity (Wildman–Crippen MR) is 208 cm³/mol. The maximum absolute atomic E-state index is 6.45. The number of benzene rings is 7. The largest absolute Gasteiger partial charge is 0.453 e. The van der Waals surface area contributed by atoms with Gasteiger partial charge in [-0.2, -0.15) is 0 Å². The van der Waals surface area contributed by atoms with E-state index in [1.54, 1.807) is 0 Å². The number of ether oxygens (including phenoxy) is 2. The highest BCUT2D eigenvalue weighted by Gasteiger charge is 2.48. The van der Waals surface area contributed by atoms with Crippen LogP contribution in [-0.4, -0.2) is 6.71 Å². The van der Waals surface area contributed by atoms with Gasteiger partial charge in [-0.25, -0.2) is 0 Å². The third kappa shape index (κ3) is 3.50. The Morgan fingerprint density at radius 3 is 1.18 bits per heavy atom. The third-order valence-corrected chi connectivity index (χ3v) is 12.0. The molecular formula is C46H31BN2O2. The van der Waals surface area contributed by atoms with E-state index in [2.05, 4.69) is 163 Å². The summed E-state index contributed by atoms with van der Waals surface area (Å²) in [6, 6.07) is 50.5. The van der Waals surface area contributed by atoms with Crippen LogP contribution in [0.2, 0.25) is 0 Å². The lowest BCUT2D eigenvalue weighted by Gasteiger charge is -2.38. The van der Waals surface area contributed by atoms with Crippen molar-refractivity contribution in [2.75, 3.05) is 9.80 Å². The van der Waals surface area contributed by atoms with Crippen LogP contribution in [0.3, 0.4) is 0 Å². The summed E-state index contributed by atoms with van der Waals surface area (Å²) in [6.45, 7) is 5.04. The van der Waals surface area contributed by atoms with Crippen LogP contribution < -0.4 is 35.7 Å². The van der Waals surface area contributed by atoms with Crippen molar-refractivity contribution in [3.05, 3.63) is 162 Å². The fourth-order valence-corrected chi connectivity index (χ4v) is 9.81. The van der Waals surface area contributed by atoms with Crippen molar-refractivity contribution in [2.45, 2.75) is 25.7 Å². The van der Waals surface area contributed by atoms with E-state index in [0.29, 0.717) is 0 Å². The Balaban J connectivity index is 1.16. The zero-order chi connectivity index (χ0) is 33.5. The van der Waals surface area contributed by atoms with Crippen LogP contribution >= 0.6 is 0 Å². The number of hydrogen-bond donors (Lipinski definition) is 0. The number of para-hydroxylation sites is 8. The molecule has 5 heteroatoms. The number of rotatable bonds is 2. The zero-order valence-corrected chi connectivity index (χ0v) is 28.2. The molecule has 0 saturated heterocycles. The molecule has 2 atom stereocenters. The van der Waals surface area contributed by atoms with Gasteiger partial charge in [-0.1, -0.05) is 97.0 Å². The predicted octanol–water partition coefficient (Wildman–Crippen LogP) is 10.3. The number of hydrogen-bond acceptors (Lipinski definition) is 4. The van der Waals surface area contributed by atoms with E-state index < -0.39 is 0 Å². The first-order valence-corrected chi connectivity index (χ1v) is 17.9. The summed E-state index contributed by atoms with van der Waals surface area (Å²) in [4.78, 5) is 4.80. The molecule has 2 unspecified atom stereocenters. The van der Waals surface area contributed by atoms with Crippen LogP contribution in [0.4, 0.5) is 34.1 Å². The Morgan fingerprint density at radius 1 is 0.412 bits per heavy atom. The molecule has 0 N–H and O–H groups in total. The van der Waals surface area contributed by atoms with Gasteiger partial charge in [0.1, 0.15) is 0 Å². The smallest absolute Gasteiger partial charge is 0.244 e. The van der Waals surface area contributed by atoms with Crippen LogP contribution in [-0.2, 0) is 0 Å². The molecule has 5 aliphatic rings. The van der Waals surface area contributed by atoms with Gasteiger partial charge in [0.25, 0.3) is 0 Å². The minimum atomic E-state index is 0.232. The van der Waals surface area contributed by atoms with Crippen LogP contribution in [0.1, 0.15) is 47.9 Å². The summed E-state index contributed by atoms with van der Waals surface area (Å²) < 4.78 is 12.9. The molecular weight excluding hydrogens is 623 g/mol. The number of anilines is 6. The quantitative estimate of drug-likeness (QED) is 0.173. The van der Waals surface area contributed by atoms with E-state index in [-0.39, 0.29) is 18.5 Å². The third-order valence-electron chi connectivity index (χ3n) is 12.0. The highest BCUT2D eigenvalue weighted by Crippen LogP contribution is 2.54. The Bertz CT molecular complexity index is 2410. The topological polar surface area (TPSA) is 24.9 Å². The lowest BCUT2D eigenvalue weighted by atomic mass is 9.31. The summed E-state index contributed by atoms with van der Waals surface area (Å²) >= 11 is 0. The van der Waals surface area contributed by atoms with Crippen molar-refractivity contribution in [3.63, 3.8) is 0 Å². The van der Waals surface area contributed by atoms with E-state index in [4.69, 9.17) is 9.47 Å². The zero-order valence-electron chi connectivity index (χ0n) is 28.2. The second-order valence-electron chi connectivity index (χ2n) is 14.5. The molecule has 7 aromatic carbocycles. The molecule has 0 spiro atoms. The number of fused-ring (bicyclic) bond motifs is 5. The van der Waals surface area contributed by atoms with Gasteiger partial charge < -0.3 is 19.3 Å². The summed E-state index contributed by atoms with van der Waals surface area (Å²) in [5, 5.41) is 0. The molecule has 0 saturated carbocycles. The molecule has 240 valence electrons. The van der Waals surface area contributed by atoms with Crippen molar-refractivity contribution in [1.82, 2.24) is 0 Å². The fourth-order valence-electron chi connectivity index (χ4n) is 9.81. The summed E-state index contributed by atoms with van der Waals surface area (Å²) in [5.74, 6) is 3.99. The first-order valence-electron chi connectivity index (χ1n) is 17.9. The average molecular weight is 655 g/mol. The van der Waals surface area contributed by atoms with Gasteiger partial charge in [0.2, 0.25) is 6.71 Å². The van der Waals surface area contributed by atoms with Gasteiger partial charge in [0, 0.05) is 23.2 Å². The van der Waals surface area contributed by atoms with Gasteiger partial charge in [-0.3, -0.25) is 0 Å². The van der Waals surface area contributed by atoms with Crippen molar-refractivity contribution >= 4 is 57.2 Å². The van der Waals surface area contributed by atoms with Crippen molar-refractivity contribution < 1.29 is 9.47 Å². The monoisotopic (exact) mass is 654 g/mol. The van der Waals surface area contributed by atoms with Gasteiger partial charge in [0.05, 0.1) is 22.7 Å². The Morgan fingerprint density at radius 2 is 0.784 bits per heavy atom. The van der Waals surface area contributed by atoms with E-state index >= 15 is 0 Å². The highest BCUT2D eigenvalue weighted by atomic mass is 16.5. The first-order chi connectivity index (χ1) is 25.1. The van der Waals surface area contributed by atoms with E-state index in [0.717, 1.165) is 57.1 Å².